The standard InChI is InChI=1S/C13H15Cl2NO4S/c14-11-3-4-12(13(15)10(11)7-17)21(18,19)16-5-8-1-2-9(6-16)20-8/h3-4,8-9,17H,1-2,5-7H2. The Balaban J connectivity index is 1.99. The minimum atomic E-state index is -3.72. The van der Waals surface area contributed by atoms with Gasteiger partial charge in [-0.05, 0) is 25.0 Å². The Labute approximate surface area is 133 Å². The summed E-state index contributed by atoms with van der Waals surface area (Å²) in [6, 6.07) is 2.83. The van der Waals surface area contributed by atoms with Gasteiger partial charge in [-0.1, -0.05) is 23.2 Å². The molecule has 2 fully saturated rings. The molecule has 0 saturated carbocycles. The summed E-state index contributed by atoms with van der Waals surface area (Å²) in [7, 11) is -3.72. The largest absolute Gasteiger partial charge is 0.392 e. The van der Waals surface area contributed by atoms with E-state index >= 15 is 0 Å². The van der Waals surface area contributed by atoms with Crippen LogP contribution in [0, 0.1) is 0 Å². The van der Waals surface area contributed by atoms with E-state index in [0.717, 1.165) is 12.8 Å². The number of fused-ring (bicyclic) bond motifs is 2. The first-order chi connectivity index (χ1) is 9.93. The Morgan fingerprint density at radius 3 is 2.43 bits per heavy atom. The van der Waals surface area contributed by atoms with E-state index in [1.165, 1.54) is 16.4 Å². The second-order valence-electron chi connectivity index (χ2n) is 5.28. The Morgan fingerprint density at radius 2 is 1.86 bits per heavy atom. The molecule has 0 aliphatic carbocycles. The molecule has 1 aromatic carbocycles. The predicted molar refractivity (Wildman–Crippen MR) is 79.0 cm³/mol. The van der Waals surface area contributed by atoms with E-state index in [-0.39, 0.29) is 32.7 Å². The van der Waals surface area contributed by atoms with Gasteiger partial charge in [0.2, 0.25) is 10.0 Å². The fourth-order valence-electron chi connectivity index (χ4n) is 2.83. The van der Waals surface area contributed by atoms with Gasteiger partial charge in [-0.25, -0.2) is 8.42 Å². The molecule has 1 N–H and O–H groups in total. The fourth-order valence-corrected chi connectivity index (χ4v) is 5.21. The molecule has 21 heavy (non-hydrogen) atoms. The molecule has 0 spiro atoms. The number of rotatable bonds is 3. The quantitative estimate of drug-likeness (QED) is 0.904. The molecule has 2 atom stereocenters. The van der Waals surface area contributed by atoms with E-state index in [4.69, 9.17) is 27.9 Å². The first kappa shape index (κ1) is 15.5. The van der Waals surface area contributed by atoms with Gasteiger partial charge in [0.15, 0.2) is 0 Å². The van der Waals surface area contributed by atoms with Crippen molar-refractivity contribution in [1.29, 1.82) is 0 Å². The number of aliphatic hydroxyl groups is 1. The maximum absolute atomic E-state index is 12.8. The van der Waals surface area contributed by atoms with Crippen LogP contribution in [-0.2, 0) is 21.4 Å². The first-order valence-corrected chi connectivity index (χ1v) is 8.86. The summed E-state index contributed by atoms with van der Waals surface area (Å²) < 4.78 is 32.6. The molecule has 2 aliphatic heterocycles. The molecular weight excluding hydrogens is 337 g/mol. The number of nitrogens with zero attached hydrogens (tertiary/aromatic N) is 1. The summed E-state index contributed by atoms with van der Waals surface area (Å²) >= 11 is 12.0. The molecule has 2 aliphatic rings. The summed E-state index contributed by atoms with van der Waals surface area (Å²) in [6.07, 6.45) is 1.68. The van der Waals surface area contributed by atoms with E-state index in [0.29, 0.717) is 13.1 Å². The Morgan fingerprint density at radius 1 is 1.24 bits per heavy atom. The molecule has 116 valence electrons. The average molecular weight is 352 g/mol. The lowest BCUT2D eigenvalue weighted by molar-refractivity contribution is -0.0114. The van der Waals surface area contributed by atoms with E-state index in [2.05, 4.69) is 0 Å². The molecule has 5 nitrogen and oxygen atoms in total. The third-order valence-corrected chi connectivity index (χ3v) is 6.71. The molecule has 1 aromatic rings. The van der Waals surface area contributed by atoms with Crippen LogP contribution in [0.1, 0.15) is 18.4 Å². The van der Waals surface area contributed by atoms with Crippen LogP contribution in [0.3, 0.4) is 0 Å². The van der Waals surface area contributed by atoms with Gasteiger partial charge >= 0.3 is 0 Å². The maximum atomic E-state index is 12.8. The van der Waals surface area contributed by atoms with Crippen LogP contribution in [-0.4, -0.2) is 43.1 Å². The van der Waals surface area contributed by atoms with Crippen molar-refractivity contribution in [2.24, 2.45) is 0 Å². The maximum Gasteiger partial charge on any atom is 0.244 e. The minimum absolute atomic E-state index is 0.0103. The van der Waals surface area contributed by atoms with Gasteiger partial charge in [0.25, 0.3) is 0 Å². The lowest BCUT2D eigenvalue weighted by Gasteiger charge is -2.31. The van der Waals surface area contributed by atoms with Crippen LogP contribution < -0.4 is 0 Å². The summed E-state index contributed by atoms with van der Waals surface area (Å²) in [5.74, 6) is 0. The zero-order chi connectivity index (χ0) is 15.2. The fraction of sp³-hybridized carbons (Fsp3) is 0.538. The zero-order valence-electron chi connectivity index (χ0n) is 11.1. The van der Waals surface area contributed by atoms with Crippen LogP contribution in [0.15, 0.2) is 17.0 Å². The van der Waals surface area contributed by atoms with Crippen LogP contribution in [0.25, 0.3) is 0 Å². The molecule has 2 bridgehead atoms. The average Bonchev–Trinajstić information content (AvgIpc) is 2.77. The van der Waals surface area contributed by atoms with Gasteiger partial charge in [-0.15, -0.1) is 0 Å². The number of hydrogen-bond acceptors (Lipinski definition) is 4. The van der Waals surface area contributed by atoms with Crippen molar-refractivity contribution in [3.63, 3.8) is 0 Å². The summed E-state index contributed by atoms with van der Waals surface area (Å²) in [4.78, 5) is -0.0149. The third kappa shape index (κ3) is 2.69. The third-order valence-electron chi connectivity index (χ3n) is 3.94. The van der Waals surface area contributed by atoms with Crippen molar-refractivity contribution in [3.8, 4) is 0 Å². The molecule has 8 heteroatoms. The van der Waals surface area contributed by atoms with Crippen molar-refractivity contribution in [2.75, 3.05) is 13.1 Å². The van der Waals surface area contributed by atoms with E-state index in [1.807, 2.05) is 0 Å². The SMILES string of the molecule is O=S(=O)(c1ccc(Cl)c(CO)c1Cl)N1CC2CCC(C1)O2. The Kier molecular flexibility index (Phi) is 4.20. The summed E-state index contributed by atoms with van der Waals surface area (Å²) in [5, 5.41) is 9.54. The van der Waals surface area contributed by atoms with Gasteiger partial charge < -0.3 is 9.84 Å². The highest BCUT2D eigenvalue weighted by molar-refractivity contribution is 7.89. The smallest absolute Gasteiger partial charge is 0.244 e. The van der Waals surface area contributed by atoms with Crippen molar-refractivity contribution >= 4 is 33.2 Å². The number of benzene rings is 1. The number of halogens is 2. The molecule has 0 amide bonds. The van der Waals surface area contributed by atoms with Gasteiger partial charge in [0, 0.05) is 23.7 Å². The van der Waals surface area contributed by atoms with E-state index in [1.54, 1.807) is 0 Å². The minimum Gasteiger partial charge on any atom is -0.392 e. The van der Waals surface area contributed by atoms with Crippen molar-refractivity contribution in [3.05, 3.63) is 27.7 Å². The van der Waals surface area contributed by atoms with Crippen molar-refractivity contribution in [1.82, 2.24) is 4.31 Å². The molecule has 2 unspecified atom stereocenters. The highest BCUT2D eigenvalue weighted by atomic mass is 35.5. The van der Waals surface area contributed by atoms with E-state index in [9.17, 15) is 13.5 Å². The van der Waals surface area contributed by atoms with Gasteiger partial charge in [0.1, 0.15) is 4.90 Å². The highest BCUT2D eigenvalue weighted by Crippen LogP contribution is 2.35. The summed E-state index contributed by atoms with van der Waals surface area (Å²) in [6.45, 7) is 0.272. The predicted octanol–water partition coefficient (Wildman–Crippen LogP) is 2.04. The normalized spacial score (nSPS) is 26.2. The monoisotopic (exact) mass is 351 g/mol. The number of ether oxygens (including phenoxy) is 1. The van der Waals surface area contributed by atoms with Crippen LogP contribution in [0.5, 0.6) is 0 Å². The zero-order valence-corrected chi connectivity index (χ0v) is 13.5. The second-order valence-corrected chi connectivity index (χ2v) is 7.97. The van der Waals surface area contributed by atoms with Crippen LogP contribution in [0.4, 0.5) is 0 Å². The lowest BCUT2D eigenvalue weighted by atomic mass is 10.2. The first-order valence-electron chi connectivity index (χ1n) is 6.67. The summed E-state index contributed by atoms with van der Waals surface area (Å²) in [5.41, 5.74) is 0.232. The van der Waals surface area contributed by atoms with Crippen molar-refractivity contribution in [2.45, 2.75) is 36.6 Å². The number of aliphatic hydroxyl groups excluding tert-OH is 1. The van der Waals surface area contributed by atoms with Gasteiger partial charge in [-0.2, -0.15) is 4.31 Å². The second kappa shape index (κ2) is 5.68. The van der Waals surface area contributed by atoms with E-state index < -0.39 is 16.6 Å². The molecule has 0 aromatic heterocycles. The van der Waals surface area contributed by atoms with Gasteiger partial charge in [-0.3, -0.25) is 0 Å². The van der Waals surface area contributed by atoms with Crippen molar-refractivity contribution < 1.29 is 18.3 Å². The topological polar surface area (TPSA) is 66.8 Å². The number of morpholine rings is 1. The van der Waals surface area contributed by atoms with Crippen LogP contribution in [0.2, 0.25) is 10.0 Å². The number of hydrogen-bond donors (Lipinski definition) is 1. The lowest BCUT2D eigenvalue weighted by Crippen LogP contribution is -2.45. The highest BCUT2D eigenvalue weighted by Gasteiger charge is 2.40. The molecule has 3 rings (SSSR count). The molecular formula is C13H15Cl2NO4S. The molecule has 2 heterocycles. The Hall–Kier alpha value is -0.370. The van der Waals surface area contributed by atoms with Gasteiger partial charge in [0.05, 0.1) is 23.8 Å². The Bertz CT molecular complexity index is 652. The van der Waals surface area contributed by atoms with Crippen LogP contribution >= 0.6 is 23.2 Å². The number of sulfonamides is 1. The molecule has 0 radical (unpaired) electrons. The molecule has 2 saturated heterocycles.